The van der Waals surface area contributed by atoms with Crippen molar-refractivity contribution >= 4 is 15.9 Å². The minimum Gasteiger partial charge on any atom is -0.493 e. The van der Waals surface area contributed by atoms with Crippen molar-refractivity contribution in [3.63, 3.8) is 0 Å². The van der Waals surface area contributed by atoms with Gasteiger partial charge in [0.1, 0.15) is 6.10 Å². The first-order valence-corrected chi connectivity index (χ1v) is 4.66. The summed E-state index contributed by atoms with van der Waals surface area (Å²) in [7, 11) is 1.46. The normalized spacial score (nSPS) is 20.1. The third-order valence-corrected chi connectivity index (χ3v) is 2.38. The van der Waals surface area contributed by atoms with Gasteiger partial charge in [0, 0.05) is 10.0 Å². The Morgan fingerprint density at radius 2 is 2.31 bits per heavy atom. The molecule has 2 nitrogen and oxygen atoms in total. The summed E-state index contributed by atoms with van der Waals surface area (Å²) in [6.07, 6.45) is 0.00181. The van der Waals surface area contributed by atoms with E-state index in [0.717, 1.165) is 5.56 Å². The molecule has 0 saturated carbocycles. The van der Waals surface area contributed by atoms with Crippen molar-refractivity contribution in [1.82, 2.24) is 0 Å². The molecule has 0 radical (unpaired) electrons. The Kier molecular flexibility index (Phi) is 2.26. The molecule has 1 aromatic rings. The van der Waals surface area contributed by atoms with E-state index >= 15 is 0 Å². The molecule has 0 aromatic heterocycles. The molecule has 1 atom stereocenters. The Morgan fingerprint density at radius 1 is 1.62 bits per heavy atom. The Morgan fingerprint density at radius 3 is 2.85 bits per heavy atom. The van der Waals surface area contributed by atoms with Crippen molar-refractivity contribution in [2.24, 2.45) is 0 Å². The van der Waals surface area contributed by atoms with Crippen LogP contribution in [0.3, 0.4) is 0 Å². The maximum atomic E-state index is 13.3. The second-order valence-corrected chi connectivity index (χ2v) is 3.75. The van der Waals surface area contributed by atoms with E-state index in [0.29, 0.717) is 11.1 Å². The molecular formula is C9H8BrFO2. The van der Waals surface area contributed by atoms with Gasteiger partial charge < -0.3 is 9.47 Å². The Hall–Kier alpha value is -0.610. The monoisotopic (exact) mass is 246 g/mol. The van der Waals surface area contributed by atoms with Gasteiger partial charge in [-0.25, -0.2) is 4.39 Å². The summed E-state index contributed by atoms with van der Waals surface area (Å²) in [4.78, 5) is 0. The van der Waals surface area contributed by atoms with E-state index in [1.54, 1.807) is 0 Å². The van der Waals surface area contributed by atoms with Gasteiger partial charge >= 0.3 is 0 Å². The van der Waals surface area contributed by atoms with E-state index in [1.165, 1.54) is 13.2 Å². The first-order valence-electron chi connectivity index (χ1n) is 3.87. The molecule has 0 amide bonds. The zero-order valence-electron chi connectivity index (χ0n) is 7.01. The van der Waals surface area contributed by atoms with Crippen LogP contribution in [0.25, 0.3) is 0 Å². The zero-order valence-corrected chi connectivity index (χ0v) is 8.60. The summed E-state index contributed by atoms with van der Waals surface area (Å²) in [5.41, 5.74) is 0.773. The molecule has 70 valence electrons. The van der Waals surface area contributed by atoms with Crippen LogP contribution in [0, 0.1) is 5.82 Å². The van der Waals surface area contributed by atoms with Gasteiger partial charge in [-0.2, -0.15) is 0 Å². The summed E-state index contributed by atoms with van der Waals surface area (Å²) in [6, 6.07) is 3.20. The highest BCUT2D eigenvalue weighted by molar-refractivity contribution is 9.10. The summed E-state index contributed by atoms with van der Waals surface area (Å²) in [6.45, 7) is 0.645. The molecule has 0 aliphatic carbocycles. The SMILES string of the molecule is COc1c(F)cc(Br)cc1[C@H]1CO1. The third kappa shape index (κ3) is 1.69. The molecule has 0 unspecified atom stereocenters. The van der Waals surface area contributed by atoms with E-state index in [2.05, 4.69) is 15.9 Å². The fourth-order valence-electron chi connectivity index (χ4n) is 1.26. The average Bonchev–Trinajstić information content (AvgIpc) is 2.85. The molecule has 1 heterocycles. The van der Waals surface area contributed by atoms with Gasteiger partial charge in [0.2, 0.25) is 0 Å². The molecule has 0 bridgehead atoms. The lowest BCUT2D eigenvalue weighted by molar-refractivity contribution is 0.364. The van der Waals surface area contributed by atoms with E-state index < -0.39 is 0 Å². The topological polar surface area (TPSA) is 21.8 Å². The van der Waals surface area contributed by atoms with Crippen LogP contribution < -0.4 is 4.74 Å². The number of epoxide rings is 1. The van der Waals surface area contributed by atoms with Gasteiger partial charge in [-0.05, 0) is 12.1 Å². The number of ether oxygens (including phenoxy) is 2. The molecule has 2 rings (SSSR count). The van der Waals surface area contributed by atoms with Crippen LogP contribution in [0.15, 0.2) is 16.6 Å². The van der Waals surface area contributed by atoms with Crippen LogP contribution in [0.4, 0.5) is 4.39 Å². The standard InChI is InChI=1S/C9H8BrFO2/c1-12-9-6(8-4-13-8)2-5(10)3-7(9)11/h2-3,8H,4H2,1H3/t8-/m1/s1. The first-order chi connectivity index (χ1) is 6.22. The summed E-state index contributed by atoms with van der Waals surface area (Å²) in [5.74, 6) is -0.0759. The number of methoxy groups -OCH3 is 1. The molecule has 1 aliphatic heterocycles. The Balaban J connectivity index is 2.50. The molecule has 0 N–H and O–H groups in total. The van der Waals surface area contributed by atoms with Crippen LogP contribution in [0.5, 0.6) is 5.75 Å². The van der Waals surface area contributed by atoms with Crippen LogP contribution in [0.2, 0.25) is 0 Å². The second-order valence-electron chi connectivity index (χ2n) is 2.83. The Bertz CT molecular complexity index is 337. The number of benzene rings is 1. The van der Waals surface area contributed by atoms with E-state index in [4.69, 9.17) is 9.47 Å². The predicted molar refractivity (Wildman–Crippen MR) is 49.3 cm³/mol. The predicted octanol–water partition coefficient (Wildman–Crippen LogP) is 2.67. The van der Waals surface area contributed by atoms with Gasteiger partial charge in [0.05, 0.1) is 13.7 Å². The molecule has 0 spiro atoms. The summed E-state index contributed by atoms with van der Waals surface area (Å²) >= 11 is 3.22. The molecular weight excluding hydrogens is 239 g/mol. The zero-order chi connectivity index (χ0) is 9.42. The minimum absolute atomic E-state index is 0.00181. The third-order valence-electron chi connectivity index (χ3n) is 1.92. The average molecular weight is 247 g/mol. The number of hydrogen-bond acceptors (Lipinski definition) is 2. The molecule has 1 aromatic carbocycles. The van der Waals surface area contributed by atoms with Gasteiger partial charge in [-0.3, -0.25) is 0 Å². The minimum atomic E-state index is -0.359. The quantitative estimate of drug-likeness (QED) is 0.749. The van der Waals surface area contributed by atoms with Gasteiger partial charge in [-0.15, -0.1) is 0 Å². The number of hydrogen-bond donors (Lipinski definition) is 0. The highest BCUT2D eigenvalue weighted by atomic mass is 79.9. The van der Waals surface area contributed by atoms with Crippen molar-refractivity contribution in [2.45, 2.75) is 6.10 Å². The van der Waals surface area contributed by atoms with Crippen molar-refractivity contribution in [2.75, 3.05) is 13.7 Å². The van der Waals surface area contributed by atoms with Crippen LogP contribution in [-0.4, -0.2) is 13.7 Å². The van der Waals surface area contributed by atoms with Crippen LogP contribution >= 0.6 is 15.9 Å². The van der Waals surface area contributed by atoms with Gasteiger partial charge in [-0.1, -0.05) is 15.9 Å². The van der Waals surface area contributed by atoms with Crippen LogP contribution in [0.1, 0.15) is 11.7 Å². The smallest absolute Gasteiger partial charge is 0.166 e. The fraction of sp³-hybridized carbons (Fsp3) is 0.333. The number of halogens is 2. The van der Waals surface area contributed by atoms with E-state index in [1.807, 2.05) is 6.07 Å². The number of rotatable bonds is 2. The molecule has 1 fully saturated rings. The fourth-order valence-corrected chi connectivity index (χ4v) is 1.71. The van der Waals surface area contributed by atoms with Crippen LogP contribution in [-0.2, 0) is 4.74 Å². The van der Waals surface area contributed by atoms with Gasteiger partial charge in [0.15, 0.2) is 11.6 Å². The summed E-state index contributed by atoms with van der Waals surface area (Å²) < 4.78 is 24.0. The lowest BCUT2D eigenvalue weighted by atomic mass is 10.1. The summed E-state index contributed by atoms with van der Waals surface area (Å²) in [5, 5.41) is 0. The highest BCUT2D eigenvalue weighted by Crippen LogP contribution is 2.39. The lowest BCUT2D eigenvalue weighted by Gasteiger charge is -2.07. The highest BCUT2D eigenvalue weighted by Gasteiger charge is 2.29. The first kappa shape index (κ1) is 8.97. The molecule has 4 heteroatoms. The molecule has 13 heavy (non-hydrogen) atoms. The maximum Gasteiger partial charge on any atom is 0.166 e. The van der Waals surface area contributed by atoms with Crippen molar-refractivity contribution in [3.8, 4) is 5.75 Å². The van der Waals surface area contributed by atoms with E-state index in [-0.39, 0.29) is 17.7 Å². The maximum absolute atomic E-state index is 13.3. The van der Waals surface area contributed by atoms with Crippen molar-refractivity contribution in [3.05, 3.63) is 28.0 Å². The van der Waals surface area contributed by atoms with Crippen molar-refractivity contribution in [1.29, 1.82) is 0 Å². The molecule has 1 aliphatic rings. The molecule has 1 saturated heterocycles. The van der Waals surface area contributed by atoms with E-state index in [9.17, 15) is 4.39 Å². The second kappa shape index (κ2) is 3.27. The largest absolute Gasteiger partial charge is 0.493 e. The van der Waals surface area contributed by atoms with Crippen molar-refractivity contribution < 1.29 is 13.9 Å². The Labute approximate surface area is 83.8 Å². The van der Waals surface area contributed by atoms with Gasteiger partial charge in [0.25, 0.3) is 0 Å². The lowest BCUT2D eigenvalue weighted by Crippen LogP contribution is -1.94.